The van der Waals surface area contributed by atoms with E-state index in [1.165, 1.54) is 70.2 Å². The summed E-state index contributed by atoms with van der Waals surface area (Å²) in [6.07, 6.45) is 2.79. The second-order valence-electron chi connectivity index (χ2n) is 21.0. The van der Waals surface area contributed by atoms with Gasteiger partial charge in [-0.05, 0) is 121 Å². The lowest BCUT2D eigenvalue weighted by Gasteiger charge is -2.30. The number of rotatable bonds is 5. The van der Waals surface area contributed by atoms with Crippen LogP contribution >= 0.6 is 11.3 Å². The van der Waals surface area contributed by atoms with Crippen molar-refractivity contribution in [3.05, 3.63) is 294 Å². The third-order valence-corrected chi connectivity index (χ3v) is 18.2. The van der Waals surface area contributed by atoms with Gasteiger partial charge in [0.2, 0.25) is 0 Å². The highest BCUT2D eigenvalue weighted by atomic mass is 32.1. The van der Waals surface area contributed by atoms with Gasteiger partial charge >= 0.3 is 0 Å². The van der Waals surface area contributed by atoms with Crippen LogP contribution in [0.1, 0.15) is 45.4 Å². The first-order valence-corrected chi connectivity index (χ1v) is 27.8. The summed E-state index contributed by atoms with van der Waals surface area (Å²) in [7, 11) is 0. The molecular weight excluding hydrogens is 981 g/mol. The van der Waals surface area contributed by atoms with E-state index in [0.717, 1.165) is 94.2 Å². The van der Waals surface area contributed by atoms with Gasteiger partial charge in [-0.1, -0.05) is 207 Å². The predicted molar refractivity (Wildman–Crippen MR) is 329 cm³/mol. The van der Waals surface area contributed by atoms with E-state index in [-0.39, 0.29) is 0 Å². The Hall–Kier alpha value is -9.94. The Morgan fingerprint density at radius 1 is 0.392 bits per heavy atom. The van der Waals surface area contributed by atoms with Gasteiger partial charge in [-0.3, -0.25) is 0 Å². The van der Waals surface area contributed by atoms with Crippen molar-refractivity contribution in [2.75, 3.05) is 0 Å². The Morgan fingerprint density at radius 3 is 1.63 bits per heavy atom. The molecule has 3 aromatic heterocycles. The molecule has 17 rings (SSSR count). The lowest BCUT2D eigenvalue weighted by Crippen LogP contribution is -2.25. The maximum Gasteiger partial charge on any atom is 0.161 e. The van der Waals surface area contributed by atoms with Crippen LogP contribution in [0.25, 0.3) is 114 Å². The van der Waals surface area contributed by atoms with E-state index in [1.807, 2.05) is 30.3 Å². The highest BCUT2D eigenvalue weighted by Gasteiger charge is 2.51. The molecule has 368 valence electrons. The highest BCUT2D eigenvalue weighted by Crippen LogP contribution is 2.63. The number of hydrogen-bond donors (Lipinski definition) is 0. The molecule has 1 aliphatic heterocycles. The predicted octanol–water partition coefficient (Wildman–Crippen LogP) is 19.8. The molecule has 79 heavy (non-hydrogen) atoms. The van der Waals surface area contributed by atoms with E-state index in [1.54, 1.807) is 11.3 Å². The first kappa shape index (κ1) is 44.2. The molecule has 0 unspecified atom stereocenters. The van der Waals surface area contributed by atoms with Crippen LogP contribution in [0.15, 0.2) is 274 Å². The Bertz CT molecular complexity index is 5010. The zero-order valence-corrected chi connectivity index (χ0v) is 43.4. The molecule has 11 aromatic carbocycles. The Kier molecular flexibility index (Phi) is 9.39. The van der Waals surface area contributed by atoms with Gasteiger partial charge < -0.3 is 8.83 Å². The Labute approximate surface area is 458 Å². The van der Waals surface area contributed by atoms with Crippen molar-refractivity contribution in [1.82, 2.24) is 0 Å². The largest absolute Gasteiger partial charge is 0.456 e. The van der Waals surface area contributed by atoms with Crippen LogP contribution < -0.4 is 0 Å². The van der Waals surface area contributed by atoms with Crippen LogP contribution in [0.4, 0.5) is 0 Å². The zero-order valence-electron chi connectivity index (χ0n) is 42.6. The number of aliphatic imine (C=N–C) groups is 2. The molecule has 0 saturated heterocycles. The van der Waals surface area contributed by atoms with E-state index in [0.29, 0.717) is 12.3 Å². The maximum atomic E-state index is 6.74. The van der Waals surface area contributed by atoms with E-state index < -0.39 is 5.41 Å². The summed E-state index contributed by atoms with van der Waals surface area (Å²) in [5.74, 6) is 0.571. The molecule has 0 amide bonds. The summed E-state index contributed by atoms with van der Waals surface area (Å²) in [5.41, 5.74) is 23.0. The van der Waals surface area contributed by atoms with Gasteiger partial charge in [0, 0.05) is 58.4 Å². The van der Waals surface area contributed by atoms with Crippen molar-refractivity contribution in [2.24, 2.45) is 9.98 Å². The van der Waals surface area contributed by atoms with Crippen molar-refractivity contribution in [3.8, 4) is 44.5 Å². The smallest absolute Gasteiger partial charge is 0.161 e. The average molecular weight is 1030 g/mol. The number of para-hydroxylation sites is 2. The van der Waals surface area contributed by atoms with Crippen LogP contribution in [-0.2, 0) is 5.41 Å². The molecule has 4 nitrogen and oxygen atoms in total. The molecule has 0 radical (unpaired) electrons. The number of thiophene rings is 1. The van der Waals surface area contributed by atoms with Crippen molar-refractivity contribution >= 4 is 92.6 Å². The quantitative estimate of drug-likeness (QED) is 0.172. The van der Waals surface area contributed by atoms with Crippen molar-refractivity contribution in [3.63, 3.8) is 0 Å². The standard InChI is InChI=1S/C74H44N2O2S/c1-43-32-40-62(54-23-14-22-53-52-19-7-13-31-67(52)79-72(53)54)75-73(76-71(43)57-24-15-30-65-68(57)55-20-5-11-28-63(55)77-65)70-47(39-41-66-69(70)56-21-6-12-29-64(56)78-66)45-35-33-44(34-36-45)46-37-38-51-50-18-4-10-27-60(50)74(61(51)42-46)58-25-8-2-16-48(58)49-17-3-9-26-59(49)74/h2-31,33-42H,1,32H2/b62-40+,75-73?,76-71?. The van der Waals surface area contributed by atoms with Gasteiger partial charge in [0.15, 0.2) is 5.84 Å². The number of nitrogens with zero attached hydrogens (tertiary/aromatic N) is 2. The van der Waals surface area contributed by atoms with E-state index in [9.17, 15) is 0 Å². The van der Waals surface area contributed by atoms with Gasteiger partial charge in [0.1, 0.15) is 22.3 Å². The second-order valence-corrected chi connectivity index (χ2v) is 22.1. The Morgan fingerprint density at radius 2 is 0.911 bits per heavy atom. The molecule has 2 aliphatic carbocycles. The number of furan rings is 2. The van der Waals surface area contributed by atoms with Crippen molar-refractivity contribution in [1.29, 1.82) is 0 Å². The van der Waals surface area contributed by atoms with Crippen LogP contribution in [-0.4, -0.2) is 11.5 Å². The molecule has 1 spiro atoms. The average Bonchev–Trinajstić information content (AvgIpc) is 3.23. The maximum absolute atomic E-state index is 6.74. The molecule has 3 aliphatic rings. The van der Waals surface area contributed by atoms with Crippen molar-refractivity contribution in [2.45, 2.75) is 11.8 Å². The third-order valence-electron chi connectivity index (χ3n) is 17.0. The van der Waals surface area contributed by atoms with E-state index >= 15 is 0 Å². The fraction of sp³-hybridized carbons (Fsp3) is 0.0270. The summed E-state index contributed by atoms with van der Waals surface area (Å²) < 4.78 is 15.7. The van der Waals surface area contributed by atoms with Gasteiger partial charge in [-0.25, -0.2) is 9.98 Å². The minimum absolute atomic E-state index is 0.429. The highest BCUT2D eigenvalue weighted by molar-refractivity contribution is 7.26. The summed E-state index contributed by atoms with van der Waals surface area (Å²) in [6.45, 7) is 4.82. The van der Waals surface area contributed by atoms with Crippen LogP contribution in [0.3, 0.4) is 0 Å². The van der Waals surface area contributed by atoms with Crippen molar-refractivity contribution < 1.29 is 8.83 Å². The number of allylic oxidation sites excluding steroid dienone is 2. The molecule has 4 heterocycles. The number of hydrogen-bond acceptors (Lipinski definition) is 5. The van der Waals surface area contributed by atoms with E-state index in [4.69, 9.17) is 25.4 Å². The first-order valence-electron chi connectivity index (χ1n) is 26.9. The molecule has 0 fully saturated rings. The van der Waals surface area contributed by atoms with Gasteiger partial charge in [-0.15, -0.1) is 11.3 Å². The number of amidine groups is 1. The lowest BCUT2D eigenvalue weighted by atomic mass is 9.70. The number of benzene rings is 11. The molecule has 0 saturated carbocycles. The van der Waals surface area contributed by atoms with Crippen LogP contribution in [0, 0.1) is 0 Å². The second kappa shape index (κ2) is 16.8. The fourth-order valence-corrected chi connectivity index (χ4v) is 14.8. The summed E-state index contributed by atoms with van der Waals surface area (Å²) >= 11 is 1.81. The molecule has 5 heteroatoms. The minimum Gasteiger partial charge on any atom is -0.456 e. The molecule has 14 aromatic rings. The van der Waals surface area contributed by atoms with Crippen LogP contribution in [0.5, 0.6) is 0 Å². The molecule has 0 bridgehead atoms. The Balaban J connectivity index is 0.883. The van der Waals surface area contributed by atoms with Gasteiger partial charge in [0.25, 0.3) is 0 Å². The normalized spacial score (nSPS) is 15.0. The summed E-state index contributed by atoms with van der Waals surface area (Å²) in [5, 5.41) is 6.43. The first-order chi connectivity index (χ1) is 39.1. The monoisotopic (exact) mass is 1020 g/mol. The number of fused-ring (bicyclic) bond motifs is 19. The zero-order chi connectivity index (χ0) is 51.9. The fourth-order valence-electron chi connectivity index (χ4n) is 13.5. The molecular formula is C74H44N2O2S. The van der Waals surface area contributed by atoms with Gasteiger partial charge in [0.05, 0.1) is 16.8 Å². The molecule has 0 atom stereocenters. The topological polar surface area (TPSA) is 51.0 Å². The van der Waals surface area contributed by atoms with Gasteiger partial charge in [-0.2, -0.15) is 0 Å². The summed E-state index contributed by atoms with van der Waals surface area (Å²) in [4.78, 5) is 11.7. The SMILES string of the molecule is C=C1C/C=C(\c2cccc3c2sc2ccccc23)N=C(c2c(-c3ccc(-c4ccc5c(c4)C4(c6ccccc6-c6ccccc64)c4ccccc4-5)cc3)ccc3oc4ccccc4c23)N=C1c1cccc2oc3ccccc3c12. The third kappa shape index (κ3) is 6.30. The molecule has 0 N–H and O–H groups in total. The van der Waals surface area contributed by atoms with Crippen LogP contribution in [0.2, 0.25) is 0 Å². The lowest BCUT2D eigenvalue weighted by molar-refractivity contribution is 0.668. The minimum atomic E-state index is -0.429. The van der Waals surface area contributed by atoms with E-state index in [2.05, 4.69) is 212 Å². The summed E-state index contributed by atoms with van der Waals surface area (Å²) in [6, 6.07) is 85.5.